The predicted octanol–water partition coefficient (Wildman–Crippen LogP) is 4.45. The number of carbonyl (C=O) groups is 1. The van der Waals surface area contributed by atoms with Gasteiger partial charge >= 0.3 is 0 Å². The molecule has 0 aliphatic heterocycles. The van der Waals surface area contributed by atoms with Gasteiger partial charge in [-0.05, 0) is 43.5 Å². The average molecular weight is 271 g/mol. The normalized spacial score (nSPS) is 14.2. The molecule has 0 saturated heterocycles. The second kappa shape index (κ2) is 5.43. The van der Waals surface area contributed by atoms with Gasteiger partial charge in [-0.2, -0.15) is 0 Å². The molecule has 1 aromatic carbocycles. The number of benzene rings is 1. The molecular formula is C18H25NO. The highest BCUT2D eigenvalue weighted by Gasteiger charge is 2.31. The number of carbonyl (C=O) groups excluding carboxylic acids is 1. The molecule has 0 heterocycles. The van der Waals surface area contributed by atoms with Crippen LogP contribution in [0.5, 0.6) is 0 Å². The molecule has 1 N–H and O–H groups in total. The maximum absolute atomic E-state index is 12.6. The Morgan fingerprint density at radius 3 is 2.65 bits per heavy atom. The first kappa shape index (κ1) is 14.8. The van der Waals surface area contributed by atoms with E-state index in [9.17, 15) is 4.79 Å². The van der Waals surface area contributed by atoms with E-state index < -0.39 is 0 Å². The molecule has 1 aliphatic rings. The standard InChI is InChI=1S/C18H25NO/c1-6-18(4,5)17(20)14-10-13-8-7-9-16(15(13)11-14)19-12(2)3/h7-10,12,19H,6,11H2,1-5H3. The van der Waals surface area contributed by atoms with Gasteiger partial charge in [0.15, 0.2) is 5.78 Å². The van der Waals surface area contributed by atoms with Crippen molar-refractivity contribution < 1.29 is 4.79 Å². The highest BCUT2D eigenvalue weighted by Crippen LogP contribution is 2.35. The van der Waals surface area contributed by atoms with Crippen molar-refractivity contribution in [2.24, 2.45) is 5.41 Å². The van der Waals surface area contributed by atoms with Crippen molar-refractivity contribution in [3.8, 4) is 0 Å². The van der Waals surface area contributed by atoms with Gasteiger partial charge in [-0.15, -0.1) is 0 Å². The van der Waals surface area contributed by atoms with E-state index in [1.807, 2.05) is 13.8 Å². The van der Waals surface area contributed by atoms with E-state index in [0.717, 1.165) is 24.1 Å². The summed E-state index contributed by atoms with van der Waals surface area (Å²) in [4.78, 5) is 12.6. The quantitative estimate of drug-likeness (QED) is 0.857. The Morgan fingerprint density at radius 1 is 1.35 bits per heavy atom. The first-order valence-corrected chi connectivity index (χ1v) is 7.49. The number of hydrogen-bond donors (Lipinski definition) is 1. The fourth-order valence-corrected chi connectivity index (χ4v) is 2.55. The van der Waals surface area contributed by atoms with Crippen LogP contribution in [0.15, 0.2) is 23.8 Å². The van der Waals surface area contributed by atoms with E-state index in [1.54, 1.807) is 0 Å². The topological polar surface area (TPSA) is 29.1 Å². The molecule has 0 fully saturated rings. The minimum Gasteiger partial charge on any atom is -0.383 e. The molecule has 2 rings (SSSR count). The molecule has 0 atom stereocenters. The van der Waals surface area contributed by atoms with Gasteiger partial charge in [0.05, 0.1) is 0 Å². The lowest BCUT2D eigenvalue weighted by Gasteiger charge is -2.21. The van der Waals surface area contributed by atoms with E-state index in [2.05, 4.69) is 50.4 Å². The highest BCUT2D eigenvalue weighted by molar-refractivity contribution is 6.05. The van der Waals surface area contributed by atoms with Crippen molar-refractivity contribution in [3.63, 3.8) is 0 Å². The van der Waals surface area contributed by atoms with Crippen LogP contribution in [0, 0.1) is 5.41 Å². The zero-order chi connectivity index (χ0) is 14.9. The Kier molecular flexibility index (Phi) is 4.03. The van der Waals surface area contributed by atoms with Crippen LogP contribution in [0.25, 0.3) is 6.08 Å². The summed E-state index contributed by atoms with van der Waals surface area (Å²) in [6, 6.07) is 6.65. The lowest BCUT2D eigenvalue weighted by atomic mass is 9.81. The largest absolute Gasteiger partial charge is 0.383 e. The van der Waals surface area contributed by atoms with Crippen molar-refractivity contribution in [1.29, 1.82) is 0 Å². The Morgan fingerprint density at radius 2 is 2.05 bits per heavy atom. The highest BCUT2D eigenvalue weighted by atomic mass is 16.1. The summed E-state index contributed by atoms with van der Waals surface area (Å²) in [5.41, 5.74) is 4.29. The zero-order valence-corrected chi connectivity index (χ0v) is 13.2. The molecule has 1 aromatic rings. The van der Waals surface area contributed by atoms with Crippen molar-refractivity contribution in [3.05, 3.63) is 34.9 Å². The number of anilines is 1. The zero-order valence-electron chi connectivity index (χ0n) is 13.2. The first-order chi connectivity index (χ1) is 9.35. The summed E-state index contributed by atoms with van der Waals surface area (Å²) in [7, 11) is 0. The van der Waals surface area contributed by atoms with Crippen LogP contribution in [0.3, 0.4) is 0 Å². The number of Topliss-reactive ketones (excluding diaryl/α,β-unsaturated/α-hetero) is 1. The van der Waals surface area contributed by atoms with E-state index in [0.29, 0.717) is 6.04 Å². The molecule has 0 unspecified atom stereocenters. The van der Waals surface area contributed by atoms with Crippen LogP contribution in [-0.2, 0) is 11.2 Å². The van der Waals surface area contributed by atoms with E-state index in [4.69, 9.17) is 0 Å². The van der Waals surface area contributed by atoms with Crippen LogP contribution >= 0.6 is 0 Å². The number of rotatable bonds is 5. The molecule has 0 spiro atoms. The number of allylic oxidation sites excluding steroid dienone is 1. The summed E-state index contributed by atoms with van der Waals surface area (Å²) in [5, 5.41) is 3.47. The number of ketones is 1. The molecule has 0 radical (unpaired) electrons. The van der Waals surface area contributed by atoms with Crippen molar-refractivity contribution in [1.82, 2.24) is 0 Å². The molecule has 2 heteroatoms. The summed E-state index contributed by atoms with van der Waals surface area (Å²) < 4.78 is 0. The van der Waals surface area contributed by atoms with Gasteiger partial charge in [0.25, 0.3) is 0 Å². The molecule has 0 amide bonds. The third-order valence-corrected chi connectivity index (χ3v) is 4.14. The Hall–Kier alpha value is -1.57. The number of hydrogen-bond acceptors (Lipinski definition) is 2. The minimum atomic E-state index is -0.264. The lowest BCUT2D eigenvalue weighted by Crippen LogP contribution is -2.25. The lowest BCUT2D eigenvalue weighted by molar-refractivity contribution is -0.123. The van der Waals surface area contributed by atoms with Crippen LogP contribution in [-0.4, -0.2) is 11.8 Å². The third-order valence-electron chi connectivity index (χ3n) is 4.14. The summed E-state index contributed by atoms with van der Waals surface area (Å²) in [6.45, 7) is 10.4. The molecule has 0 saturated carbocycles. The van der Waals surface area contributed by atoms with Gasteiger partial charge < -0.3 is 5.32 Å². The van der Waals surface area contributed by atoms with Gasteiger partial charge in [0, 0.05) is 29.1 Å². The summed E-state index contributed by atoms with van der Waals surface area (Å²) in [6.07, 6.45) is 3.70. The second-order valence-corrected chi connectivity index (χ2v) is 6.59. The van der Waals surface area contributed by atoms with Crippen molar-refractivity contribution >= 4 is 17.5 Å². The Labute approximate surface area is 122 Å². The minimum absolute atomic E-state index is 0.264. The van der Waals surface area contributed by atoms with Gasteiger partial charge in [-0.1, -0.05) is 32.9 Å². The molecule has 2 nitrogen and oxygen atoms in total. The Balaban J connectivity index is 2.27. The molecule has 20 heavy (non-hydrogen) atoms. The van der Waals surface area contributed by atoms with Crippen LogP contribution in [0.4, 0.5) is 5.69 Å². The fourth-order valence-electron chi connectivity index (χ4n) is 2.55. The van der Waals surface area contributed by atoms with Crippen LogP contribution in [0.2, 0.25) is 0 Å². The first-order valence-electron chi connectivity index (χ1n) is 7.49. The van der Waals surface area contributed by atoms with Crippen molar-refractivity contribution in [2.45, 2.75) is 53.5 Å². The number of fused-ring (bicyclic) bond motifs is 1. The molecule has 108 valence electrons. The fraction of sp³-hybridized carbons (Fsp3) is 0.500. The van der Waals surface area contributed by atoms with Gasteiger partial charge in [-0.25, -0.2) is 0 Å². The maximum Gasteiger partial charge on any atom is 0.164 e. The van der Waals surface area contributed by atoms with Crippen LogP contribution < -0.4 is 5.32 Å². The third kappa shape index (κ3) is 2.79. The Bertz CT molecular complexity index is 553. The molecule has 0 bridgehead atoms. The van der Waals surface area contributed by atoms with Crippen molar-refractivity contribution in [2.75, 3.05) is 5.32 Å². The smallest absolute Gasteiger partial charge is 0.164 e. The monoisotopic (exact) mass is 271 g/mol. The van der Waals surface area contributed by atoms with E-state index in [1.165, 1.54) is 11.1 Å². The summed E-state index contributed by atoms with van der Waals surface area (Å²) >= 11 is 0. The van der Waals surface area contributed by atoms with E-state index >= 15 is 0 Å². The summed E-state index contributed by atoms with van der Waals surface area (Å²) in [5.74, 6) is 0.284. The number of nitrogens with one attached hydrogen (secondary N) is 1. The van der Waals surface area contributed by atoms with Gasteiger partial charge in [-0.3, -0.25) is 4.79 Å². The van der Waals surface area contributed by atoms with Gasteiger partial charge in [0.1, 0.15) is 0 Å². The van der Waals surface area contributed by atoms with Crippen LogP contribution in [0.1, 0.15) is 52.2 Å². The molecule has 1 aliphatic carbocycles. The predicted molar refractivity (Wildman–Crippen MR) is 86.0 cm³/mol. The van der Waals surface area contributed by atoms with Gasteiger partial charge in [0.2, 0.25) is 0 Å². The maximum atomic E-state index is 12.6. The average Bonchev–Trinajstić information content (AvgIpc) is 2.82. The molecular weight excluding hydrogens is 246 g/mol. The SMILES string of the molecule is CCC(C)(C)C(=O)C1=Cc2cccc(NC(C)C)c2C1. The van der Waals surface area contributed by atoms with E-state index in [-0.39, 0.29) is 11.2 Å². The second-order valence-electron chi connectivity index (χ2n) is 6.59. The molecule has 0 aromatic heterocycles.